The van der Waals surface area contributed by atoms with Crippen molar-refractivity contribution in [2.75, 3.05) is 7.11 Å². The Bertz CT molecular complexity index is 1360. The zero-order valence-corrected chi connectivity index (χ0v) is 21.2. The second-order valence-electron chi connectivity index (χ2n) is 9.65. The van der Waals surface area contributed by atoms with E-state index in [4.69, 9.17) is 15.2 Å². The van der Waals surface area contributed by atoms with Gasteiger partial charge in [-0.25, -0.2) is 0 Å². The first-order valence-electron chi connectivity index (χ1n) is 12.1. The molecule has 4 rings (SSSR count). The number of aryl methyl sites for hydroxylation is 3. The van der Waals surface area contributed by atoms with Crippen molar-refractivity contribution in [2.24, 2.45) is 17.1 Å². The van der Waals surface area contributed by atoms with Gasteiger partial charge < -0.3 is 15.2 Å². The largest absolute Gasteiger partial charge is 0.493 e. The van der Waals surface area contributed by atoms with Crippen molar-refractivity contribution in [2.45, 2.75) is 52.6 Å². The van der Waals surface area contributed by atoms with Crippen LogP contribution in [0.15, 0.2) is 53.3 Å². The van der Waals surface area contributed by atoms with Crippen LogP contribution in [0.3, 0.4) is 0 Å². The standard InChI is InChI=1S/C30H30N4O2/c1-18-12-19(2)25(20(3)13-18)15-36-26-11-7-10-23(28(26)35-4)27-22-9-6-5-8-21(22)24(14-31)29(34)30(27,16-32)17-33/h7-8,10-13,22,27H,5-6,9,15,34H2,1-4H3/t22-,27-/m0/s1. The van der Waals surface area contributed by atoms with Crippen molar-refractivity contribution in [1.82, 2.24) is 0 Å². The molecular weight excluding hydrogens is 448 g/mol. The molecule has 0 saturated carbocycles. The number of para-hydroxylation sites is 1. The van der Waals surface area contributed by atoms with E-state index in [9.17, 15) is 15.8 Å². The average Bonchev–Trinajstić information content (AvgIpc) is 2.87. The minimum atomic E-state index is -1.69. The van der Waals surface area contributed by atoms with Crippen LogP contribution >= 0.6 is 0 Å². The molecule has 6 heteroatoms. The molecule has 0 heterocycles. The third-order valence-corrected chi connectivity index (χ3v) is 7.56. The number of benzene rings is 2. The van der Waals surface area contributed by atoms with Gasteiger partial charge in [0.05, 0.1) is 30.5 Å². The Morgan fingerprint density at radius 2 is 1.78 bits per heavy atom. The molecule has 0 aromatic heterocycles. The number of hydrogen-bond donors (Lipinski definition) is 1. The molecule has 6 nitrogen and oxygen atoms in total. The zero-order valence-electron chi connectivity index (χ0n) is 21.2. The summed E-state index contributed by atoms with van der Waals surface area (Å²) in [6.45, 7) is 6.58. The maximum atomic E-state index is 10.3. The van der Waals surface area contributed by atoms with Crippen molar-refractivity contribution in [3.05, 3.63) is 81.1 Å². The molecule has 0 saturated heterocycles. The predicted molar refractivity (Wildman–Crippen MR) is 137 cm³/mol. The summed E-state index contributed by atoms with van der Waals surface area (Å²) in [7, 11) is 1.56. The van der Waals surface area contributed by atoms with Crippen LogP contribution in [0.25, 0.3) is 0 Å². The maximum Gasteiger partial charge on any atom is 0.191 e. The third-order valence-electron chi connectivity index (χ3n) is 7.56. The van der Waals surface area contributed by atoms with Crippen LogP contribution in [0.1, 0.15) is 53.0 Å². The second kappa shape index (κ2) is 9.80. The number of ether oxygens (including phenoxy) is 2. The monoisotopic (exact) mass is 478 g/mol. The van der Waals surface area contributed by atoms with Crippen molar-refractivity contribution in [1.29, 1.82) is 15.8 Å². The van der Waals surface area contributed by atoms with E-state index in [0.717, 1.165) is 41.5 Å². The van der Waals surface area contributed by atoms with Crippen LogP contribution in [0.2, 0.25) is 0 Å². The van der Waals surface area contributed by atoms with Crippen LogP contribution in [0.4, 0.5) is 0 Å². The first kappa shape index (κ1) is 24.9. The molecule has 0 aliphatic heterocycles. The smallest absolute Gasteiger partial charge is 0.191 e. The first-order valence-corrected chi connectivity index (χ1v) is 12.1. The van der Waals surface area contributed by atoms with E-state index in [-0.39, 0.29) is 17.2 Å². The van der Waals surface area contributed by atoms with Crippen molar-refractivity contribution in [3.63, 3.8) is 0 Å². The van der Waals surface area contributed by atoms with E-state index in [1.165, 1.54) is 5.56 Å². The van der Waals surface area contributed by atoms with Gasteiger partial charge in [0, 0.05) is 11.5 Å². The summed E-state index contributed by atoms with van der Waals surface area (Å²) in [5, 5.41) is 30.5. The van der Waals surface area contributed by atoms with Crippen molar-refractivity contribution >= 4 is 0 Å². The lowest BCUT2D eigenvalue weighted by Crippen LogP contribution is -2.42. The lowest BCUT2D eigenvalue weighted by atomic mass is 9.56. The van der Waals surface area contributed by atoms with Crippen LogP contribution in [-0.4, -0.2) is 7.11 Å². The van der Waals surface area contributed by atoms with Gasteiger partial charge in [-0.05, 0) is 74.3 Å². The zero-order chi connectivity index (χ0) is 26.0. The Morgan fingerprint density at radius 3 is 2.39 bits per heavy atom. The second-order valence-corrected chi connectivity index (χ2v) is 9.65. The number of allylic oxidation sites excluding steroid dienone is 4. The highest BCUT2D eigenvalue weighted by molar-refractivity contribution is 5.62. The van der Waals surface area contributed by atoms with Gasteiger partial charge in [-0.1, -0.05) is 35.9 Å². The van der Waals surface area contributed by atoms with E-state index >= 15 is 0 Å². The van der Waals surface area contributed by atoms with E-state index in [0.29, 0.717) is 23.7 Å². The fourth-order valence-electron chi connectivity index (χ4n) is 5.91. The van der Waals surface area contributed by atoms with E-state index in [2.05, 4.69) is 51.1 Å². The Balaban J connectivity index is 1.84. The molecule has 182 valence electrons. The van der Waals surface area contributed by atoms with Gasteiger partial charge in [0.25, 0.3) is 0 Å². The SMILES string of the molecule is COc1c(OCc2c(C)cc(C)cc2C)cccc1[C@@H]1[C@H]2CCCC=C2C(C#N)=C(N)C1(C#N)C#N. The summed E-state index contributed by atoms with van der Waals surface area (Å²) in [6.07, 6.45) is 4.51. The number of hydrogen-bond acceptors (Lipinski definition) is 6. The van der Waals surface area contributed by atoms with E-state index in [1.54, 1.807) is 7.11 Å². The van der Waals surface area contributed by atoms with Gasteiger partial charge in [-0.2, -0.15) is 15.8 Å². The van der Waals surface area contributed by atoms with Gasteiger partial charge in [0.15, 0.2) is 16.9 Å². The molecule has 0 radical (unpaired) electrons. The molecule has 0 fully saturated rings. The Morgan fingerprint density at radius 1 is 1.08 bits per heavy atom. The highest BCUT2D eigenvalue weighted by Crippen LogP contribution is 2.58. The Hall–Kier alpha value is -4.21. The summed E-state index contributed by atoms with van der Waals surface area (Å²) >= 11 is 0. The topological polar surface area (TPSA) is 116 Å². The maximum absolute atomic E-state index is 10.3. The van der Waals surface area contributed by atoms with E-state index < -0.39 is 11.3 Å². The van der Waals surface area contributed by atoms with Crippen LogP contribution in [0.5, 0.6) is 11.5 Å². The third kappa shape index (κ3) is 3.88. The molecule has 0 unspecified atom stereocenters. The molecule has 2 N–H and O–H groups in total. The molecule has 2 atom stereocenters. The minimum Gasteiger partial charge on any atom is -0.493 e. The highest BCUT2D eigenvalue weighted by atomic mass is 16.5. The first-order chi connectivity index (χ1) is 17.3. The summed E-state index contributed by atoms with van der Waals surface area (Å²) in [5.41, 5.74) is 11.2. The van der Waals surface area contributed by atoms with Crippen LogP contribution < -0.4 is 15.2 Å². The minimum absolute atomic E-state index is 0.0173. The quantitative estimate of drug-likeness (QED) is 0.581. The number of nitriles is 3. The molecule has 0 spiro atoms. The van der Waals surface area contributed by atoms with Gasteiger partial charge >= 0.3 is 0 Å². The van der Waals surface area contributed by atoms with E-state index in [1.807, 2.05) is 24.3 Å². The van der Waals surface area contributed by atoms with Gasteiger partial charge in [0.1, 0.15) is 12.7 Å². The fourth-order valence-corrected chi connectivity index (χ4v) is 5.91. The summed E-state index contributed by atoms with van der Waals surface area (Å²) < 4.78 is 12.1. The Kier molecular flexibility index (Phi) is 6.78. The molecule has 0 bridgehead atoms. The molecule has 2 aliphatic carbocycles. The number of rotatable bonds is 5. The summed E-state index contributed by atoms with van der Waals surface area (Å²) in [4.78, 5) is 0. The number of nitrogens with two attached hydrogens (primary N) is 1. The van der Waals surface area contributed by atoms with Gasteiger partial charge in [-0.3, -0.25) is 0 Å². The lowest BCUT2D eigenvalue weighted by Gasteiger charge is -2.43. The fraction of sp³-hybridized carbons (Fsp3) is 0.367. The predicted octanol–water partition coefficient (Wildman–Crippen LogP) is 5.79. The molecular formula is C30H30N4O2. The van der Waals surface area contributed by atoms with Crippen LogP contribution in [0, 0.1) is 66.1 Å². The Labute approximate surface area is 212 Å². The molecule has 0 amide bonds. The van der Waals surface area contributed by atoms with Crippen LogP contribution in [-0.2, 0) is 6.61 Å². The summed E-state index contributed by atoms with van der Waals surface area (Å²) in [6, 6.07) is 16.4. The highest BCUT2D eigenvalue weighted by Gasteiger charge is 2.54. The number of methoxy groups -OCH3 is 1. The van der Waals surface area contributed by atoms with Crippen molar-refractivity contribution in [3.8, 4) is 29.7 Å². The molecule has 2 aromatic rings. The van der Waals surface area contributed by atoms with Gasteiger partial charge in [0.2, 0.25) is 0 Å². The van der Waals surface area contributed by atoms with Gasteiger partial charge in [-0.15, -0.1) is 0 Å². The average molecular weight is 479 g/mol. The number of nitrogens with zero attached hydrogens (tertiary/aromatic N) is 3. The number of fused-ring (bicyclic) bond motifs is 1. The molecule has 2 aromatic carbocycles. The summed E-state index contributed by atoms with van der Waals surface area (Å²) in [5.74, 6) is 0.218. The van der Waals surface area contributed by atoms with Crippen molar-refractivity contribution < 1.29 is 9.47 Å². The lowest BCUT2D eigenvalue weighted by molar-refractivity contribution is 0.271. The molecule has 2 aliphatic rings. The normalized spacial score (nSPS) is 20.3. The molecule has 36 heavy (non-hydrogen) atoms.